The molecule has 1 aromatic heterocycles. The standard InChI is InChI=1S/C10H17N5O/c1-4-15(6-8(16)12-3)9-7(2)5-13-10(11)14-9/h5H,4,6H2,1-3H3,(H,12,16)(H2,11,13,14). The highest BCUT2D eigenvalue weighted by atomic mass is 16.1. The van der Waals surface area contributed by atoms with Crippen molar-refractivity contribution in [2.45, 2.75) is 13.8 Å². The molecule has 1 rings (SSSR count). The fraction of sp³-hybridized carbons (Fsp3) is 0.500. The Kier molecular flexibility index (Phi) is 4.04. The van der Waals surface area contributed by atoms with E-state index in [0.717, 1.165) is 5.56 Å². The highest BCUT2D eigenvalue weighted by molar-refractivity contribution is 5.80. The second-order valence-corrected chi connectivity index (χ2v) is 3.42. The van der Waals surface area contributed by atoms with Crippen molar-refractivity contribution in [2.24, 2.45) is 0 Å². The summed E-state index contributed by atoms with van der Waals surface area (Å²) in [4.78, 5) is 21.2. The molecule has 0 unspecified atom stereocenters. The Morgan fingerprint density at radius 3 is 2.88 bits per heavy atom. The molecule has 0 spiro atoms. The maximum absolute atomic E-state index is 11.3. The highest BCUT2D eigenvalue weighted by Gasteiger charge is 2.13. The molecular weight excluding hydrogens is 206 g/mol. The number of nitrogens with one attached hydrogen (secondary N) is 1. The predicted molar refractivity (Wildman–Crippen MR) is 63.1 cm³/mol. The van der Waals surface area contributed by atoms with Gasteiger partial charge in [0.25, 0.3) is 0 Å². The summed E-state index contributed by atoms with van der Waals surface area (Å²) in [5.41, 5.74) is 6.44. The third kappa shape index (κ3) is 2.82. The maximum Gasteiger partial charge on any atom is 0.239 e. The van der Waals surface area contributed by atoms with Crippen molar-refractivity contribution in [2.75, 3.05) is 30.8 Å². The lowest BCUT2D eigenvalue weighted by atomic mass is 10.3. The van der Waals surface area contributed by atoms with Gasteiger partial charge in [-0.05, 0) is 13.8 Å². The molecule has 6 heteroatoms. The normalized spacial score (nSPS) is 9.94. The minimum Gasteiger partial charge on any atom is -0.368 e. The Hall–Kier alpha value is -1.85. The predicted octanol–water partition coefficient (Wildman–Crippen LogP) is -0.0605. The topological polar surface area (TPSA) is 84.1 Å². The zero-order valence-electron chi connectivity index (χ0n) is 9.82. The van der Waals surface area contributed by atoms with Crippen molar-refractivity contribution < 1.29 is 4.79 Å². The van der Waals surface area contributed by atoms with E-state index in [4.69, 9.17) is 5.73 Å². The Bertz CT molecular complexity index is 379. The van der Waals surface area contributed by atoms with Gasteiger partial charge in [0.1, 0.15) is 5.82 Å². The molecule has 6 nitrogen and oxygen atoms in total. The van der Waals surface area contributed by atoms with Crippen molar-refractivity contribution in [3.8, 4) is 0 Å². The number of nitrogen functional groups attached to an aromatic ring is 1. The van der Waals surface area contributed by atoms with Gasteiger partial charge in [-0.15, -0.1) is 0 Å². The molecule has 0 atom stereocenters. The second-order valence-electron chi connectivity index (χ2n) is 3.42. The van der Waals surface area contributed by atoms with Crippen LogP contribution in [0.2, 0.25) is 0 Å². The van der Waals surface area contributed by atoms with Crippen LogP contribution in [0, 0.1) is 6.92 Å². The molecule has 0 fully saturated rings. The second kappa shape index (κ2) is 5.29. The van der Waals surface area contributed by atoms with Crippen LogP contribution in [0.1, 0.15) is 12.5 Å². The van der Waals surface area contributed by atoms with Gasteiger partial charge in [-0.25, -0.2) is 4.98 Å². The maximum atomic E-state index is 11.3. The number of hydrogen-bond acceptors (Lipinski definition) is 5. The van der Waals surface area contributed by atoms with Crippen LogP contribution in [0.15, 0.2) is 6.20 Å². The fourth-order valence-corrected chi connectivity index (χ4v) is 1.36. The summed E-state index contributed by atoms with van der Waals surface area (Å²) in [6.45, 7) is 4.80. The summed E-state index contributed by atoms with van der Waals surface area (Å²) in [7, 11) is 1.61. The Labute approximate surface area is 94.9 Å². The lowest BCUT2D eigenvalue weighted by Gasteiger charge is -2.22. The van der Waals surface area contributed by atoms with Crippen molar-refractivity contribution in [3.63, 3.8) is 0 Å². The van der Waals surface area contributed by atoms with Gasteiger partial charge in [0, 0.05) is 25.4 Å². The van der Waals surface area contributed by atoms with E-state index in [1.54, 1.807) is 13.2 Å². The van der Waals surface area contributed by atoms with E-state index in [1.807, 2.05) is 18.7 Å². The van der Waals surface area contributed by atoms with E-state index in [2.05, 4.69) is 15.3 Å². The first kappa shape index (κ1) is 12.2. The molecule has 0 saturated heterocycles. The van der Waals surface area contributed by atoms with Crippen LogP contribution in [0.3, 0.4) is 0 Å². The summed E-state index contributed by atoms with van der Waals surface area (Å²) in [5.74, 6) is 0.869. The van der Waals surface area contributed by atoms with E-state index >= 15 is 0 Å². The lowest BCUT2D eigenvalue weighted by Crippen LogP contribution is -2.36. The molecule has 16 heavy (non-hydrogen) atoms. The average molecular weight is 223 g/mol. The Morgan fingerprint density at radius 2 is 2.31 bits per heavy atom. The van der Waals surface area contributed by atoms with Gasteiger partial charge in [-0.1, -0.05) is 0 Å². The minimum atomic E-state index is -0.0570. The molecule has 0 bridgehead atoms. The summed E-state index contributed by atoms with van der Waals surface area (Å²) in [6.07, 6.45) is 1.66. The zero-order chi connectivity index (χ0) is 12.1. The lowest BCUT2D eigenvalue weighted by molar-refractivity contribution is -0.119. The number of amides is 1. The summed E-state index contributed by atoms with van der Waals surface area (Å²) in [5, 5.41) is 2.58. The molecule has 0 aliphatic carbocycles. The molecular formula is C10H17N5O. The van der Waals surface area contributed by atoms with E-state index in [0.29, 0.717) is 12.4 Å². The number of aryl methyl sites for hydroxylation is 1. The van der Waals surface area contributed by atoms with Crippen molar-refractivity contribution >= 4 is 17.7 Å². The molecule has 0 aromatic carbocycles. The fourth-order valence-electron chi connectivity index (χ4n) is 1.36. The van der Waals surface area contributed by atoms with Crippen LogP contribution in [-0.4, -0.2) is 36.0 Å². The summed E-state index contributed by atoms with van der Waals surface area (Å²) >= 11 is 0. The quantitative estimate of drug-likeness (QED) is 0.747. The number of carbonyl (C=O) groups excluding carboxylic acids is 1. The van der Waals surface area contributed by atoms with Gasteiger partial charge < -0.3 is 16.0 Å². The van der Waals surface area contributed by atoms with Gasteiger partial charge >= 0.3 is 0 Å². The van der Waals surface area contributed by atoms with Gasteiger partial charge in [-0.3, -0.25) is 4.79 Å². The first-order chi connectivity index (χ1) is 7.58. The number of hydrogen-bond donors (Lipinski definition) is 2. The van der Waals surface area contributed by atoms with Crippen LogP contribution in [0.5, 0.6) is 0 Å². The first-order valence-electron chi connectivity index (χ1n) is 5.13. The third-order valence-electron chi connectivity index (χ3n) is 2.26. The van der Waals surface area contributed by atoms with Gasteiger partial charge in [0.05, 0.1) is 6.54 Å². The number of anilines is 2. The number of carbonyl (C=O) groups is 1. The first-order valence-corrected chi connectivity index (χ1v) is 5.13. The zero-order valence-corrected chi connectivity index (χ0v) is 9.82. The van der Waals surface area contributed by atoms with E-state index in [9.17, 15) is 4.79 Å². The highest BCUT2D eigenvalue weighted by Crippen LogP contribution is 2.16. The van der Waals surface area contributed by atoms with Crippen LogP contribution < -0.4 is 16.0 Å². The monoisotopic (exact) mass is 223 g/mol. The van der Waals surface area contributed by atoms with Crippen LogP contribution >= 0.6 is 0 Å². The van der Waals surface area contributed by atoms with Crippen LogP contribution in [-0.2, 0) is 4.79 Å². The molecule has 0 aliphatic heterocycles. The number of rotatable bonds is 4. The van der Waals surface area contributed by atoms with Crippen molar-refractivity contribution in [1.29, 1.82) is 0 Å². The van der Waals surface area contributed by atoms with Gasteiger partial charge in [0.15, 0.2) is 0 Å². The largest absolute Gasteiger partial charge is 0.368 e. The van der Waals surface area contributed by atoms with Crippen molar-refractivity contribution in [1.82, 2.24) is 15.3 Å². The average Bonchev–Trinajstić information content (AvgIpc) is 2.29. The number of likely N-dealkylation sites (N-methyl/N-ethyl adjacent to an activating group) is 2. The van der Waals surface area contributed by atoms with E-state index in [1.165, 1.54) is 0 Å². The summed E-state index contributed by atoms with van der Waals surface area (Å²) < 4.78 is 0. The molecule has 1 aromatic rings. The number of nitrogens with zero attached hydrogens (tertiary/aromatic N) is 3. The van der Waals surface area contributed by atoms with E-state index in [-0.39, 0.29) is 18.4 Å². The molecule has 0 radical (unpaired) electrons. The third-order valence-corrected chi connectivity index (χ3v) is 2.26. The van der Waals surface area contributed by atoms with E-state index < -0.39 is 0 Å². The molecule has 0 saturated carbocycles. The molecule has 88 valence electrons. The SMILES string of the molecule is CCN(CC(=O)NC)c1nc(N)ncc1C. The van der Waals surface area contributed by atoms with Crippen molar-refractivity contribution in [3.05, 3.63) is 11.8 Å². The molecule has 1 heterocycles. The van der Waals surface area contributed by atoms with Gasteiger partial charge in [-0.2, -0.15) is 4.98 Å². The van der Waals surface area contributed by atoms with Crippen LogP contribution in [0.4, 0.5) is 11.8 Å². The molecule has 0 aliphatic rings. The molecule has 3 N–H and O–H groups in total. The number of aromatic nitrogens is 2. The molecule has 1 amide bonds. The number of nitrogens with two attached hydrogens (primary N) is 1. The summed E-state index contributed by atoms with van der Waals surface area (Å²) in [6, 6.07) is 0. The Balaban J connectivity index is 2.94. The van der Waals surface area contributed by atoms with Gasteiger partial charge in [0.2, 0.25) is 11.9 Å². The minimum absolute atomic E-state index is 0.0570. The Morgan fingerprint density at radius 1 is 1.62 bits per heavy atom. The smallest absolute Gasteiger partial charge is 0.239 e. The van der Waals surface area contributed by atoms with Crippen LogP contribution in [0.25, 0.3) is 0 Å².